The molecule has 5 heteroatoms. The topological polar surface area (TPSA) is 38.8 Å². The number of hydrogen-bond donors (Lipinski definition) is 2. The average molecular weight is 349 g/mol. The predicted molar refractivity (Wildman–Crippen MR) is 97.1 cm³/mol. The number of nitrogens with one attached hydrogen (secondary N) is 1. The molecule has 4 nitrogen and oxygen atoms in total. The van der Waals surface area contributed by atoms with Gasteiger partial charge in [0.05, 0.1) is 18.8 Å². The quantitative estimate of drug-likeness (QED) is 0.608. The summed E-state index contributed by atoms with van der Waals surface area (Å²) in [6.07, 6.45) is 3.47. The third-order valence-corrected chi connectivity index (χ3v) is 4.47. The number of halogens is 1. The molecule has 1 aromatic heterocycles. The number of rotatable bonds is 11. The first-order valence-corrected chi connectivity index (χ1v) is 9.01. The van der Waals surface area contributed by atoms with Crippen molar-refractivity contribution in [2.45, 2.75) is 39.0 Å². The Morgan fingerprint density at radius 3 is 2.84 bits per heavy atom. The first kappa shape index (κ1) is 19.6. The molecule has 0 aliphatic carbocycles. The lowest BCUT2D eigenvalue weighted by atomic mass is 10.2. The summed E-state index contributed by atoms with van der Waals surface area (Å²) in [6.45, 7) is 5.91. The Labute approximate surface area is 149 Å². The van der Waals surface area contributed by atoms with Crippen molar-refractivity contribution in [2.75, 3.05) is 26.8 Å². The monoisotopic (exact) mass is 349 g/mol. The van der Waals surface area contributed by atoms with Crippen LogP contribution in [0, 0.1) is 5.82 Å². The molecule has 0 fully saturated rings. The van der Waals surface area contributed by atoms with E-state index in [0.717, 1.165) is 44.6 Å². The number of ether oxygens (including phenoxy) is 1. The SMILES string of the molecule is CC[C@H](O)C[NH+](CCCOC)Cc1cccn1Cc1cccc(F)c1. The number of aromatic nitrogens is 1. The van der Waals surface area contributed by atoms with E-state index in [0.29, 0.717) is 6.54 Å². The molecule has 2 N–H and O–H groups in total. The van der Waals surface area contributed by atoms with Crippen LogP contribution in [0.2, 0.25) is 0 Å². The van der Waals surface area contributed by atoms with Crippen LogP contribution in [0.4, 0.5) is 4.39 Å². The number of aliphatic hydroxyl groups excluding tert-OH is 1. The maximum atomic E-state index is 13.4. The highest BCUT2D eigenvalue weighted by Gasteiger charge is 2.16. The molecule has 138 valence electrons. The van der Waals surface area contributed by atoms with Crippen LogP contribution in [0.15, 0.2) is 42.6 Å². The number of hydrogen-bond acceptors (Lipinski definition) is 2. The van der Waals surface area contributed by atoms with Gasteiger partial charge in [0.15, 0.2) is 0 Å². The fourth-order valence-electron chi connectivity index (χ4n) is 3.06. The van der Waals surface area contributed by atoms with Crippen LogP contribution in [-0.4, -0.2) is 42.6 Å². The minimum Gasteiger partial charge on any atom is -0.387 e. The van der Waals surface area contributed by atoms with Gasteiger partial charge in [0, 0.05) is 26.3 Å². The van der Waals surface area contributed by atoms with E-state index in [1.165, 1.54) is 16.7 Å². The van der Waals surface area contributed by atoms with Gasteiger partial charge in [0.25, 0.3) is 0 Å². The van der Waals surface area contributed by atoms with Crippen LogP contribution in [0.5, 0.6) is 0 Å². The highest BCUT2D eigenvalue weighted by atomic mass is 19.1. The molecule has 1 heterocycles. The van der Waals surface area contributed by atoms with Gasteiger partial charge in [0.1, 0.15) is 25.0 Å². The van der Waals surface area contributed by atoms with Crippen molar-refractivity contribution in [3.05, 3.63) is 59.7 Å². The van der Waals surface area contributed by atoms with E-state index >= 15 is 0 Å². The second-order valence-electron chi connectivity index (χ2n) is 6.55. The predicted octanol–water partition coefficient (Wildman–Crippen LogP) is 1.87. The van der Waals surface area contributed by atoms with Gasteiger partial charge in [-0.2, -0.15) is 0 Å². The van der Waals surface area contributed by atoms with Crippen molar-refractivity contribution in [3.8, 4) is 0 Å². The first-order chi connectivity index (χ1) is 12.1. The molecule has 25 heavy (non-hydrogen) atoms. The third kappa shape index (κ3) is 6.61. The van der Waals surface area contributed by atoms with Gasteiger partial charge >= 0.3 is 0 Å². The highest BCUT2D eigenvalue weighted by molar-refractivity contribution is 5.18. The highest BCUT2D eigenvalue weighted by Crippen LogP contribution is 2.09. The molecule has 2 atom stereocenters. The molecule has 0 saturated carbocycles. The summed E-state index contributed by atoms with van der Waals surface area (Å²) in [7, 11) is 1.71. The van der Waals surface area contributed by atoms with Crippen molar-refractivity contribution in [1.29, 1.82) is 0 Å². The summed E-state index contributed by atoms with van der Waals surface area (Å²) >= 11 is 0. The zero-order valence-electron chi connectivity index (χ0n) is 15.2. The summed E-state index contributed by atoms with van der Waals surface area (Å²) in [4.78, 5) is 1.34. The van der Waals surface area contributed by atoms with E-state index < -0.39 is 0 Å². The minimum atomic E-state index is -0.288. The van der Waals surface area contributed by atoms with E-state index in [-0.39, 0.29) is 11.9 Å². The number of methoxy groups -OCH3 is 1. The molecule has 0 spiro atoms. The molecule has 2 aromatic rings. The van der Waals surface area contributed by atoms with E-state index in [2.05, 4.69) is 10.6 Å². The van der Waals surface area contributed by atoms with Crippen LogP contribution in [-0.2, 0) is 17.8 Å². The van der Waals surface area contributed by atoms with Gasteiger partial charge in [-0.3, -0.25) is 0 Å². The van der Waals surface area contributed by atoms with Crippen molar-refractivity contribution in [1.82, 2.24) is 4.57 Å². The smallest absolute Gasteiger partial charge is 0.123 e. The van der Waals surface area contributed by atoms with Crippen molar-refractivity contribution in [2.24, 2.45) is 0 Å². The van der Waals surface area contributed by atoms with Crippen LogP contribution < -0.4 is 4.90 Å². The normalized spacial score (nSPS) is 13.8. The lowest BCUT2D eigenvalue weighted by molar-refractivity contribution is -0.917. The van der Waals surface area contributed by atoms with E-state index in [4.69, 9.17) is 4.74 Å². The number of benzene rings is 1. The van der Waals surface area contributed by atoms with Crippen molar-refractivity contribution >= 4 is 0 Å². The lowest BCUT2D eigenvalue weighted by Crippen LogP contribution is -3.12. The zero-order valence-corrected chi connectivity index (χ0v) is 15.2. The zero-order chi connectivity index (χ0) is 18.1. The molecule has 0 radical (unpaired) electrons. The maximum absolute atomic E-state index is 13.4. The molecule has 2 rings (SSSR count). The second kappa shape index (κ2) is 10.3. The van der Waals surface area contributed by atoms with Crippen LogP contribution in [0.25, 0.3) is 0 Å². The standard InChI is InChI=1S/C20H29FN2O2/c1-3-20(24)16-22(10-6-12-25-2)15-19-9-5-11-23(19)14-17-7-4-8-18(21)13-17/h4-5,7-9,11,13,20,24H,3,6,10,12,14-16H2,1-2H3/p+1/t20-/m0/s1. The summed E-state index contributed by atoms with van der Waals surface area (Å²) in [5.41, 5.74) is 2.15. The van der Waals surface area contributed by atoms with Crippen LogP contribution >= 0.6 is 0 Å². The molecule has 0 aliphatic rings. The van der Waals surface area contributed by atoms with Crippen molar-refractivity contribution < 1.29 is 19.1 Å². The summed E-state index contributed by atoms with van der Waals surface area (Å²) in [6, 6.07) is 10.9. The number of nitrogens with zero attached hydrogens (tertiary/aromatic N) is 1. The van der Waals surface area contributed by atoms with Gasteiger partial charge in [0.2, 0.25) is 0 Å². The van der Waals surface area contributed by atoms with Crippen molar-refractivity contribution in [3.63, 3.8) is 0 Å². The molecular weight excluding hydrogens is 319 g/mol. The molecule has 0 aliphatic heterocycles. The fraction of sp³-hybridized carbons (Fsp3) is 0.500. The van der Waals surface area contributed by atoms with Gasteiger partial charge in [-0.15, -0.1) is 0 Å². The molecule has 0 amide bonds. The maximum Gasteiger partial charge on any atom is 0.123 e. The number of quaternary nitrogens is 1. The molecule has 1 unspecified atom stereocenters. The second-order valence-corrected chi connectivity index (χ2v) is 6.55. The van der Waals surface area contributed by atoms with Gasteiger partial charge in [-0.25, -0.2) is 4.39 Å². The van der Waals surface area contributed by atoms with Gasteiger partial charge < -0.3 is 19.3 Å². The fourth-order valence-corrected chi connectivity index (χ4v) is 3.06. The Morgan fingerprint density at radius 2 is 2.12 bits per heavy atom. The van der Waals surface area contributed by atoms with E-state index in [1.807, 2.05) is 25.3 Å². The first-order valence-electron chi connectivity index (χ1n) is 9.01. The van der Waals surface area contributed by atoms with Crippen LogP contribution in [0.3, 0.4) is 0 Å². The van der Waals surface area contributed by atoms with Gasteiger partial charge in [-0.1, -0.05) is 19.1 Å². The third-order valence-electron chi connectivity index (χ3n) is 4.47. The summed E-state index contributed by atoms with van der Waals surface area (Å²) in [5.74, 6) is -0.205. The number of aliphatic hydroxyl groups is 1. The summed E-state index contributed by atoms with van der Waals surface area (Å²) in [5, 5.41) is 10.0. The minimum absolute atomic E-state index is 0.205. The molecule has 0 bridgehead atoms. The van der Waals surface area contributed by atoms with Crippen LogP contribution in [0.1, 0.15) is 31.0 Å². The Hall–Kier alpha value is -1.69. The largest absolute Gasteiger partial charge is 0.387 e. The van der Waals surface area contributed by atoms with E-state index in [1.54, 1.807) is 19.2 Å². The Kier molecular flexibility index (Phi) is 8.12. The Morgan fingerprint density at radius 1 is 1.28 bits per heavy atom. The average Bonchev–Trinajstić information content (AvgIpc) is 3.01. The molecular formula is C20H30FN2O2+. The Balaban J connectivity index is 2.04. The summed E-state index contributed by atoms with van der Waals surface area (Å²) < 4.78 is 20.7. The molecule has 1 aromatic carbocycles. The lowest BCUT2D eigenvalue weighted by Gasteiger charge is -2.22. The Bertz CT molecular complexity index is 630. The van der Waals surface area contributed by atoms with E-state index in [9.17, 15) is 9.50 Å². The molecule has 0 saturated heterocycles. The van der Waals surface area contributed by atoms with Gasteiger partial charge in [-0.05, 0) is 36.2 Å².